The minimum absolute atomic E-state index is 1.06. The van der Waals surface area contributed by atoms with Crippen molar-refractivity contribution in [1.82, 2.24) is 4.90 Å². The van der Waals surface area contributed by atoms with E-state index in [-0.39, 0.29) is 0 Å². The van der Waals surface area contributed by atoms with E-state index in [0.717, 1.165) is 6.54 Å². The van der Waals surface area contributed by atoms with Crippen molar-refractivity contribution in [2.24, 2.45) is 0 Å². The van der Waals surface area contributed by atoms with Gasteiger partial charge in [0.25, 0.3) is 0 Å². The number of nitrogens with zero attached hydrogens (tertiary/aromatic N) is 1. The van der Waals surface area contributed by atoms with E-state index in [1.165, 1.54) is 41.5 Å². The van der Waals surface area contributed by atoms with Crippen molar-refractivity contribution in [3.8, 4) is 0 Å². The lowest BCUT2D eigenvalue weighted by atomic mass is 10.1. The van der Waals surface area contributed by atoms with E-state index in [9.17, 15) is 0 Å². The maximum absolute atomic E-state index is 3.68. The van der Waals surface area contributed by atoms with Crippen LogP contribution in [0.5, 0.6) is 0 Å². The molecule has 1 nitrogen and oxygen atoms in total. The van der Waals surface area contributed by atoms with Gasteiger partial charge >= 0.3 is 0 Å². The summed E-state index contributed by atoms with van der Waals surface area (Å²) in [5, 5.41) is 0. The SMILES string of the molecule is CCCN(CCC)Cc1cccc(C)c1Br. The Labute approximate surface area is 108 Å². The smallest absolute Gasteiger partial charge is 0.0249 e. The zero-order valence-electron chi connectivity index (χ0n) is 10.6. The van der Waals surface area contributed by atoms with Gasteiger partial charge in [0.15, 0.2) is 0 Å². The van der Waals surface area contributed by atoms with Gasteiger partial charge in [0.05, 0.1) is 0 Å². The predicted octanol–water partition coefficient (Wildman–Crippen LogP) is 4.38. The molecule has 0 aliphatic carbocycles. The molecule has 0 N–H and O–H groups in total. The highest BCUT2D eigenvalue weighted by Crippen LogP contribution is 2.22. The largest absolute Gasteiger partial charge is 0.299 e. The summed E-state index contributed by atoms with van der Waals surface area (Å²) in [7, 11) is 0. The van der Waals surface area contributed by atoms with E-state index in [2.05, 4.69) is 59.8 Å². The summed E-state index contributed by atoms with van der Waals surface area (Å²) >= 11 is 3.68. The van der Waals surface area contributed by atoms with Crippen molar-refractivity contribution >= 4 is 15.9 Å². The molecule has 0 unspecified atom stereocenters. The summed E-state index contributed by atoms with van der Waals surface area (Å²) in [4.78, 5) is 2.53. The number of hydrogen-bond donors (Lipinski definition) is 0. The number of rotatable bonds is 6. The van der Waals surface area contributed by atoms with Gasteiger partial charge in [-0.1, -0.05) is 48.0 Å². The van der Waals surface area contributed by atoms with E-state index in [1.807, 2.05) is 0 Å². The molecule has 0 atom stereocenters. The zero-order valence-corrected chi connectivity index (χ0v) is 12.2. The second-order valence-corrected chi connectivity index (χ2v) is 5.12. The fraction of sp³-hybridized carbons (Fsp3) is 0.571. The lowest BCUT2D eigenvalue weighted by Crippen LogP contribution is -2.25. The summed E-state index contributed by atoms with van der Waals surface area (Å²) in [5.74, 6) is 0. The van der Waals surface area contributed by atoms with Crippen molar-refractivity contribution in [3.63, 3.8) is 0 Å². The molecule has 0 bridgehead atoms. The molecule has 0 aliphatic heterocycles. The van der Waals surface area contributed by atoms with Crippen molar-refractivity contribution in [1.29, 1.82) is 0 Å². The zero-order chi connectivity index (χ0) is 12.0. The summed E-state index contributed by atoms with van der Waals surface area (Å²) in [6.07, 6.45) is 2.45. The molecule has 0 fully saturated rings. The summed E-state index contributed by atoms with van der Waals surface area (Å²) < 4.78 is 1.27. The Morgan fingerprint density at radius 2 is 1.75 bits per heavy atom. The fourth-order valence-corrected chi connectivity index (χ4v) is 2.36. The van der Waals surface area contributed by atoms with Crippen LogP contribution in [0.1, 0.15) is 37.8 Å². The Hall–Kier alpha value is -0.340. The molecule has 1 aromatic rings. The van der Waals surface area contributed by atoms with Gasteiger partial charge in [0.2, 0.25) is 0 Å². The molecule has 0 radical (unpaired) electrons. The van der Waals surface area contributed by atoms with Crippen molar-refractivity contribution in [3.05, 3.63) is 33.8 Å². The molecule has 0 aliphatic rings. The van der Waals surface area contributed by atoms with Crippen molar-refractivity contribution in [2.45, 2.75) is 40.2 Å². The first-order chi connectivity index (χ1) is 7.69. The molecule has 0 amide bonds. The summed E-state index contributed by atoms with van der Waals surface area (Å²) in [6, 6.07) is 6.51. The van der Waals surface area contributed by atoms with Crippen LogP contribution in [0, 0.1) is 6.92 Å². The number of aryl methyl sites for hydroxylation is 1. The molecule has 0 heterocycles. The maximum atomic E-state index is 3.68. The second kappa shape index (κ2) is 7.08. The van der Waals surface area contributed by atoms with Crippen LogP contribution in [0.15, 0.2) is 22.7 Å². The van der Waals surface area contributed by atoms with Crippen LogP contribution in [0.4, 0.5) is 0 Å². The van der Waals surface area contributed by atoms with E-state index in [0.29, 0.717) is 0 Å². The van der Waals surface area contributed by atoms with Crippen LogP contribution in [-0.2, 0) is 6.54 Å². The van der Waals surface area contributed by atoms with Crippen LogP contribution in [0.25, 0.3) is 0 Å². The fourth-order valence-electron chi connectivity index (χ4n) is 1.97. The second-order valence-electron chi connectivity index (χ2n) is 4.32. The molecular weight excluding hydrogens is 262 g/mol. The predicted molar refractivity (Wildman–Crippen MR) is 74.7 cm³/mol. The van der Waals surface area contributed by atoms with Gasteiger partial charge in [0.1, 0.15) is 0 Å². The third-order valence-electron chi connectivity index (χ3n) is 2.75. The first-order valence-corrected chi connectivity index (χ1v) is 6.94. The number of hydrogen-bond acceptors (Lipinski definition) is 1. The van der Waals surface area contributed by atoms with Crippen LogP contribution in [0.3, 0.4) is 0 Å². The van der Waals surface area contributed by atoms with Gasteiger partial charge in [-0.15, -0.1) is 0 Å². The monoisotopic (exact) mass is 283 g/mol. The van der Waals surface area contributed by atoms with E-state index in [4.69, 9.17) is 0 Å². The van der Waals surface area contributed by atoms with Crippen LogP contribution in [0.2, 0.25) is 0 Å². The minimum Gasteiger partial charge on any atom is -0.299 e. The highest BCUT2D eigenvalue weighted by atomic mass is 79.9. The molecule has 0 saturated heterocycles. The van der Waals surface area contributed by atoms with Gasteiger partial charge in [0, 0.05) is 11.0 Å². The Balaban J connectivity index is 2.72. The van der Waals surface area contributed by atoms with Crippen LogP contribution < -0.4 is 0 Å². The summed E-state index contributed by atoms with van der Waals surface area (Å²) in [6.45, 7) is 10.1. The molecule has 2 heteroatoms. The van der Waals surface area contributed by atoms with Crippen molar-refractivity contribution < 1.29 is 0 Å². The molecule has 90 valence electrons. The molecule has 0 spiro atoms. The van der Waals surface area contributed by atoms with E-state index >= 15 is 0 Å². The third kappa shape index (κ3) is 3.91. The molecular formula is C14H22BrN. The van der Waals surface area contributed by atoms with Gasteiger partial charge < -0.3 is 0 Å². The van der Waals surface area contributed by atoms with Crippen molar-refractivity contribution in [2.75, 3.05) is 13.1 Å². The normalized spacial score (nSPS) is 11.1. The quantitative estimate of drug-likeness (QED) is 0.749. The van der Waals surface area contributed by atoms with Gasteiger partial charge in [-0.2, -0.15) is 0 Å². The minimum atomic E-state index is 1.06. The van der Waals surface area contributed by atoms with E-state index < -0.39 is 0 Å². The highest BCUT2D eigenvalue weighted by Gasteiger charge is 2.07. The van der Waals surface area contributed by atoms with Gasteiger partial charge in [-0.3, -0.25) is 4.90 Å². The van der Waals surface area contributed by atoms with Gasteiger partial charge in [-0.25, -0.2) is 0 Å². The van der Waals surface area contributed by atoms with Crippen LogP contribution in [-0.4, -0.2) is 18.0 Å². The average molecular weight is 284 g/mol. The highest BCUT2D eigenvalue weighted by molar-refractivity contribution is 9.10. The Morgan fingerprint density at radius 3 is 2.31 bits per heavy atom. The first kappa shape index (κ1) is 13.7. The standard InChI is InChI=1S/C14H22BrN/c1-4-9-16(10-5-2)11-13-8-6-7-12(3)14(13)15/h6-8H,4-5,9-11H2,1-3H3. The Morgan fingerprint density at radius 1 is 1.12 bits per heavy atom. The molecule has 16 heavy (non-hydrogen) atoms. The van der Waals surface area contributed by atoms with Gasteiger partial charge in [-0.05, 0) is 44.0 Å². The molecule has 1 aromatic carbocycles. The lowest BCUT2D eigenvalue weighted by molar-refractivity contribution is 0.266. The van der Waals surface area contributed by atoms with E-state index in [1.54, 1.807) is 0 Å². The first-order valence-electron chi connectivity index (χ1n) is 6.15. The molecule has 1 rings (SSSR count). The lowest BCUT2D eigenvalue weighted by Gasteiger charge is -2.22. The number of halogens is 1. The average Bonchev–Trinajstić information content (AvgIpc) is 2.25. The third-order valence-corrected chi connectivity index (χ3v) is 3.88. The Kier molecular flexibility index (Phi) is 6.07. The molecule has 0 aromatic heterocycles. The number of benzene rings is 1. The van der Waals surface area contributed by atoms with Crippen LogP contribution >= 0.6 is 15.9 Å². The summed E-state index contributed by atoms with van der Waals surface area (Å²) in [5.41, 5.74) is 2.73. The topological polar surface area (TPSA) is 3.24 Å². The molecule has 0 saturated carbocycles. The maximum Gasteiger partial charge on any atom is 0.0249 e. The Bertz CT molecular complexity index is 317.